The lowest BCUT2D eigenvalue weighted by Gasteiger charge is -2.16. The van der Waals surface area contributed by atoms with Gasteiger partial charge in [0.05, 0.1) is 7.11 Å². The SMILES string of the molecule is COc1ccc(-c2cc3cc4cc(-c5ccc(C)cc5)c5ccc6c7ccccc7sc6c5c4cc3c3c2ccc2c4ccccc4sc23)cc1. The Kier molecular flexibility index (Phi) is 6.19. The first-order valence-corrected chi connectivity index (χ1v) is 19.0. The van der Waals surface area contributed by atoms with E-state index in [0.717, 1.165) is 5.75 Å². The van der Waals surface area contributed by atoms with E-state index in [1.54, 1.807) is 7.11 Å². The minimum atomic E-state index is 0.866. The highest BCUT2D eigenvalue weighted by Crippen LogP contribution is 2.48. The van der Waals surface area contributed by atoms with Crippen LogP contribution in [-0.4, -0.2) is 7.11 Å². The van der Waals surface area contributed by atoms with Gasteiger partial charge in [-0.2, -0.15) is 0 Å². The number of ether oxygens (including phenoxy) is 1. The Morgan fingerprint density at radius 2 is 0.882 bits per heavy atom. The summed E-state index contributed by atoms with van der Waals surface area (Å²) < 4.78 is 10.9. The smallest absolute Gasteiger partial charge is 0.118 e. The quantitative estimate of drug-likeness (QED) is 0.133. The monoisotopic (exact) mass is 686 g/mol. The second kappa shape index (κ2) is 10.9. The molecule has 0 N–H and O–H groups in total. The van der Waals surface area contributed by atoms with Crippen LogP contribution in [0.4, 0.5) is 0 Å². The average Bonchev–Trinajstić information content (AvgIpc) is 3.75. The van der Waals surface area contributed by atoms with Crippen LogP contribution in [0.3, 0.4) is 0 Å². The van der Waals surface area contributed by atoms with Crippen molar-refractivity contribution in [3.63, 3.8) is 0 Å². The maximum atomic E-state index is 5.54. The average molecular weight is 687 g/mol. The van der Waals surface area contributed by atoms with Crippen molar-refractivity contribution in [1.29, 1.82) is 0 Å². The summed E-state index contributed by atoms with van der Waals surface area (Å²) in [5.74, 6) is 0.866. The van der Waals surface area contributed by atoms with Gasteiger partial charge in [-0.3, -0.25) is 0 Å². The summed E-state index contributed by atoms with van der Waals surface area (Å²) in [5.41, 5.74) is 6.23. The van der Waals surface area contributed by atoms with Crippen molar-refractivity contribution < 1.29 is 4.74 Å². The molecule has 3 heteroatoms. The fourth-order valence-corrected chi connectivity index (χ4v) is 10.8. The molecule has 0 fully saturated rings. The van der Waals surface area contributed by atoms with Crippen molar-refractivity contribution in [2.24, 2.45) is 0 Å². The first kappa shape index (κ1) is 29.0. The van der Waals surface area contributed by atoms with E-state index in [0.29, 0.717) is 0 Å². The predicted molar refractivity (Wildman–Crippen MR) is 224 cm³/mol. The van der Waals surface area contributed by atoms with Crippen LogP contribution in [0.1, 0.15) is 5.56 Å². The standard InChI is InChI=1S/C48H30OS2/c1-27-11-13-28(14-12-27)39-24-30-23-31-25-40(29-15-17-32(49-2)18-16-29)36-20-22-38-34-8-4-6-10-44(34)51-48(38)46(36)42(31)26-41(30)45-35(39)19-21-37-33-7-3-5-9-43(33)50-47(37)45/h3-26H,1-2H3. The number of hydrogen-bond donors (Lipinski definition) is 0. The van der Waals surface area contributed by atoms with Gasteiger partial charge in [-0.05, 0) is 110 Å². The van der Waals surface area contributed by atoms with Crippen molar-refractivity contribution in [3.05, 3.63) is 151 Å². The molecule has 0 amide bonds. The zero-order valence-electron chi connectivity index (χ0n) is 28.1. The lowest BCUT2D eigenvalue weighted by Crippen LogP contribution is -1.89. The van der Waals surface area contributed by atoms with Gasteiger partial charge in [0.15, 0.2) is 0 Å². The molecule has 1 nitrogen and oxygen atoms in total. The van der Waals surface area contributed by atoms with Crippen molar-refractivity contribution in [2.45, 2.75) is 6.92 Å². The fourth-order valence-electron chi connectivity index (χ4n) is 8.32. The summed E-state index contributed by atoms with van der Waals surface area (Å²) in [6.45, 7) is 2.16. The van der Waals surface area contributed by atoms with Crippen LogP contribution in [0.2, 0.25) is 0 Å². The normalized spacial score (nSPS) is 12.1. The number of benzene rings is 9. The van der Waals surface area contributed by atoms with E-state index in [9.17, 15) is 0 Å². The highest BCUT2D eigenvalue weighted by atomic mass is 32.1. The number of hydrogen-bond acceptors (Lipinski definition) is 3. The van der Waals surface area contributed by atoms with E-state index in [4.69, 9.17) is 4.74 Å². The zero-order chi connectivity index (χ0) is 33.8. The molecule has 51 heavy (non-hydrogen) atoms. The molecule has 0 saturated heterocycles. The molecule has 9 aromatic carbocycles. The molecule has 0 aliphatic carbocycles. The number of aryl methyl sites for hydroxylation is 1. The number of thiophene rings is 2. The molecular weight excluding hydrogens is 657 g/mol. The number of methoxy groups -OCH3 is 1. The van der Waals surface area contributed by atoms with Gasteiger partial charge >= 0.3 is 0 Å². The molecule has 240 valence electrons. The van der Waals surface area contributed by atoms with E-state index in [2.05, 4.69) is 153 Å². The minimum Gasteiger partial charge on any atom is -0.497 e. The van der Waals surface area contributed by atoms with E-state index < -0.39 is 0 Å². The second-order valence-corrected chi connectivity index (χ2v) is 15.8. The Morgan fingerprint density at radius 1 is 0.412 bits per heavy atom. The number of rotatable bonds is 3. The van der Waals surface area contributed by atoms with Gasteiger partial charge in [0.2, 0.25) is 0 Å². The Balaban J connectivity index is 1.34. The van der Waals surface area contributed by atoms with Gasteiger partial charge < -0.3 is 4.74 Å². The van der Waals surface area contributed by atoms with Crippen LogP contribution in [0.5, 0.6) is 5.75 Å². The van der Waals surface area contributed by atoms with Gasteiger partial charge in [-0.15, -0.1) is 22.7 Å². The largest absolute Gasteiger partial charge is 0.497 e. The topological polar surface area (TPSA) is 9.23 Å². The van der Waals surface area contributed by atoms with Crippen molar-refractivity contribution in [2.75, 3.05) is 7.11 Å². The Hall–Kier alpha value is -5.74. The Bertz CT molecular complexity index is 3220. The van der Waals surface area contributed by atoms with Crippen LogP contribution in [-0.2, 0) is 0 Å². The van der Waals surface area contributed by atoms with Crippen molar-refractivity contribution in [3.8, 4) is 28.0 Å². The van der Waals surface area contributed by atoms with Crippen molar-refractivity contribution in [1.82, 2.24) is 0 Å². The predicted octanol–water partition coefficient (Wildman–Crippen LogP) is 14.7. The van der Waals surface area contributed by atoms with Crippen molar-refractivity contribution >= 4 is 106 Å². The summed E-state index contributed by atoms with van der Waals surface area (Å²) in [5, 5.41) is 15.7. The Labute approximate surface area is 302 Å². The number of fused-ring (bicyclic) bond motifs is 14. The van der Waals surface area contributed by atoms with Crippen LogP contribution in [0.15, 0.2) is 146 Å². The van der Waals surface area contributed by atoms with E-state index in [-0.39, 0.29) is 0 Å². The van der Waals surface area contributed by atoms with Crippen LogP contribution < -0.4 is 4.74 Å². The molecule has 0 atom stereocenters. The molecule has 11 aromatic rings. The van der Waals surface area contributed by atoms with E-state index in [1.165, 1.54) is 111 Å². The highest BCUT2D eigenvalue weighted by molar-refractivity contribution is 7.27. The summed E-state index contributed by atoms with van der Waals surface area (Å²) in [6, 6.07) is 54.4. The minimum absolute atomic E-state index is 0.866. The summed E-state index contributed by atoms with van der Waals surface area (Å²) >= 11 is 3.83. The van der Waals surface area contributed by atoms with Gasteiger partial charge in [0, 0.05) is 51.1 Å². The summed E-state index contributed by atoms with van der Waals surface area (Å²) in [6.07, 6.45) is 0. The molecule has 0 spiro atoms. The van der Waals surface area contributed by atoms with Crippen LogP contribution >= 0.6 is 22.7 Å². The van der Waals surface area contributed by atoms with Gasteiger partial charge in [-0.1, -0.05) is 103 Å². The first-order valence-electron chi connectivity index (χ1n) is 17.4. The maximum absolute atomic E-state index is 5.54. The van der Waals surface area contributed by atoms with E-state index >= 15 is 0 Å². The third-order valence-corrected chi connectivity index (χ3v) is 13.2. The molecule has 0 aliphatic heterocycles. The van der Waals surface area contributed by atoms with Crippen LogP contribution in [0.25, 0.3) is 106 Å². The fraction of sp³-hybridized carbons (Fsp3) is 0.0417. The van der Waals surface area contributed by atoms with Gasteiger partial charge in [0.25, 0.3) is 0 Å². The molecule has 0 bridgehead atoms. The second-order valence-electron chi connectivity index (χ2n) is 13.7. The lowest BCUT2D eigenvalue weighted by molar-refractivity contribution is 0.415. The summed E-state index contributed by atoms with van der Waals surface area (Å²) in [4.78, 5) is 0. The van der Waals surface area contributed by atoms with Gasteiger partial charge in [-0.25, -0.2) is 0 Å². The summed E-state index contributed by atoms with van der Waals surface area (Å²) in [7, 11) is 1.73. The van der Waals surface area contributed by atoms with E-state index in [1.807, 2.05) is 22.7 Å². The third-order valence-electron chi connectivity index (χ3n) is 10.8. The molecule has 0 unspecified atom stereocenters. The molecule has 0 aliphatic rings. The molecule has 2 aromatic heterocycles. The molecular formula is C48H30OS2. The van der Waals surface area contributed by atoms with Crippen LogP contribution in [0, 0.1) is 6.92 Å². The highest BCUT2D eigenvalue weighted by Gasteiger charge is 2.19. The molecule has 0 saturated carbocycles. The molecule has 11 rings (SSSR count). The Morgan fingerprint density at radius 3 is 1.39 bits per heavy atom. The maximum Gasteiger partial charge on any atom is 0.118 e. The lowest BCUT2D eigenvalue weighted by atomic mass is 9.88. The van der Waals surface area contributed by atoms with Gasteiger partial charge in [0.1, 0.15) is 5.75 Å². The zero-order valence-corrected chi connectivity index (χ0v) is 29.7. The first-order chi connectivity index (χ1) is 25.1. The molecule has 2 heterocycles. The molecule has 0 radical (unpaired) electrons. The third kappa shape index (κ3) is 4.26.